The van der Waals surface area contributed by atoms with Crippen LogP contribution in [-0.2, 0) is 0 Å². The van der Waals surface area contributed by atoms with Crippen molar-refractivity contribution in [3.63, 3.8) is 0 Å². The first-order valence-electron chi connectivity index (χ1n) is 3.91. The zero-order valence-electron chi connectivity index (χ0n) is 6.26. The lowest BCUT2D eigenvalue weighted by Gasteiger charge is -2.08. The van der Waals surface area contributed by atoms with Crippen molar-refractivity contribution >= 4 is 11.8 Å². The first-order valence-corrected chi connectivity index (χ1v) is 4.90. The highest BCUT2D eigenvalue weighted by atomic mass is 32.2. The van der Waals surface area contributed by atoms with E-state index in [0.717, 1.165) is 5.92 Å². The lowest BCUT2D eigenvalue weighted by Crippen LogP contribution is -1.95. The Labute approximate surface area is 66.4 Å². The Morgan fingerprint density at radius 1 is 1.40 bits per heavy atom. The minimum atomic E-state index is 0.816. The lowest BCUT2D eigenvalue weighted by molar-refractivity contribution is 0.801. The molecule has 0 aromatic carbocycles. The second-order valence-electron chi connectivity index (χ2n) is 3.02. The molecule has 0 unspecified atom stereocenters. The van der Waals surface area contributed by atoms with Gasteiger partial charge in [-0.05, 0) is 24.3 Å². The van der Waals surface area contributed by atoms with Crippen LogP contribution in [0.4, 0.5) is 0 Å². The van der Waals surface area contributed by atoms with Crippen LogP contribution in [0.15, 0.2) is 22.6 Å². The molecule has 1 heterocycles. The Balaban J connectivity index is 2.31. The number of hydrogen-bond donors (Lipinski definition) is 0. The maximum Gasteiger partial charge on any atom is 0.00642 e. The number of thioether (sulfide) groups is 1. The second-order valence-corrected chi connectivity index (χ2v) is 4.08. The monoisotopic (exact) mass is 152 g/mol. The summed E-state index contributed by atoms with van der Waals surface area (Å²) in [7, 11) is 0. The third-order valence-electron chi connectivity index (χ3n) is 2.16. The summed E-state index contributed by atoms with van der Waals surface area (Å²) in [6.45, 7) is 2.32. The van der Waals surface area contributed by atoms with Crippen molar-refractivity contribution in [1.29, 1.82) is 0 Å². The molecule has 2 rings (SSSR count). The largest absolute Gasteiger partial charge is 0.126 e. The lowest BCUT2D eigenvalue weighted by atomic mass is 9.97. The molecule has 0 aromatic heterocycles. The molecule has 1 aliphatic heterocycles. The average molecular weight is 152 g/mol. The second kappa shape index (κ2) is 2.46. The third kappa shape index (κ3) is 0.929. The van der Waals surface area contributed by atoms with Crippen LogP contribution in [0.3, 0.4) is 0 Å². The predicted octanol–water partition coefficient (Wildman–Crippen LogP) is 2.97. The zero-order valence-corrected chi connectivity index (χ0v) is 7.08. The maximum absolute atomic E-state index is 2.42. The Kier molecular flexibility index (Phi) is 1.61. The van der Waals surface area contributed by atoms with Crippen LogP contribution in [0.25, 0.3) is 0 Å². The predicted molar refractivity (Wildman–Crippen MR) is 47.0 cm³/mol. The van der Waals surface area contributed by atoms with Gasteiger partial charge >= 0.3 is 0 Å². The van der Waals surface area contributed by atoms with Gasteiger partial charge in [-0.25, -0.2) is 0 Å². The van der Waals surface area contributed by atoms with Crippen LogP contribution in [0, 0.1) is 5.92 Å². The normalized spacial score (nSPS) is 31.1. The van der Waals surface area contributed by atoms with Gasteiger partial charge in [0, 0.05) is 10.7 Å². The van der Waals surface area contributed by atoms with Crippen molar-refractivity contribution in [1.82, 2.24) is 0 Å². The highest BCUT2D eigenvalue weighted by Crippen LogP contribution is 2.42. The summed E-state index contributed by atoms with van der Waals surface area (Å²) in [5.74, 6) is 2.12. The van der Waals surface area contributed by atoms with Crippen molar-refractivity contribution in [2.75, 3.05) is 5.75 Å². The molecule has 1 aliphatic carbocycles. The van der Waals surface area contributed by atoms with Gasteiger partial charge in [-0.1, -0.05) is 19.1 Å². The van der Waals surface area contributed by atoms with E-state index >= 15 is 0 Å². The van der Waals surface area contributed by atoms with Gasteiger partial charge in [0.25, 0.3) is 0 Å². The Hall–Kier alpha value is -0.170. The minimum Gasteiger partial charge on any atom is -0.126 e. The van der Waals surface area contributed by atoms with E-state index in [1.54, 1.807) is 10.5 Å². The van der Waals surface area contributed by atoms with E-state index in [9.17, 15) is 0 Å². The van der Waals surface area contributed by atoms with Crippen molar-refractivity contribution < 1.29 is 0 Å². The fraction of sp³-hybridized carbons (Fsp3) is 0.556. The molecule has 0 nitrogen and oxygen atoms in total. The van der Waals surface area contributed by atoms with Crippen LogP contribution >= 0.6 is 11.8 Å². The molecule has 0 N–H and O–H groups in total. The van der Waals surface area contributed by atoms with E-state index in [1.807, 2.05) is 11.8 Å². The highest BCUT2D eigenvalue weighted by Gasteiger charge is 2.22. The van der Waals surface area contributed by atoms with E-state index in [4.69, 9.17) is 0 Å². The summed E-state index contributed by atoms with van der Waals surface area (Å²) in [6, 6.07) is 0. The molecule has 0 radical (unpaired) electrons. The molecular formula is C9H12S. The van der Waals surface area contributed by atoms with E-state index in [-0.39, 0.29) is 0 Å². The first-order chi connectivity index (χ1) is 4.88. The van der Waals surface area contributed by atoms with Gasteiger partial charge in [-0.3, -0.25) is 0 Å². The SMILES string of the molecule is C[C@@H]1CSC2=CCCC=C21. The zero-order chi connectivity index (χ0) is 6.97. The van der Waals surface area contributed by atoms with Crippen LogP contribution in [0.1, 0.15) is 19.8 Å². The summed E-state index contributed by atoms with van der Waals surface area (Å²) in [5.41, 5.74) is 1.62. The van der Waals surface area contributed by atoms with Gasteiger partial charge in [0.1, 0.15) is 0 Å². The number of hydrogen-bond acceptors (Lipinski definition) is 1. The molecular weight excluding hydrogens is 140 g/mol. The maximum atomic E-state index is 2.42. The molecule has 1 fully saturated rings. The summed E-state index contributed by atoms with van der Waals surface area (Å²) < 4.78 is 0. The molecule has 54 valence electrons. The van der Waals surface area contributed by atoms with E-state index < -0.39 is 0 Å². The molecule has 1 heteroatoms. The molecule has 0 bridgehead atoms. The molecule has 10 heavy (non-hydrogen) atoms. The Morgan fingerprint density at radius 3 is 3.00 bits per heavy atom. The van der Waals surface area contributed by atoms with E-state index in [1.165, 1.54) is 18.6 Å². The molecule has 0 amide bonds. The van der Waals surface area contributed by atoms with Gasteiger partial charge in [-0.15, -0.1) is 11.8 Å². The van der Waals surface area contributed by atoms with Crippen LogP contribution in [-0.4, -0.2) is 5.75 Å². The molecule has 1 saturated heterocycles. The van der Waals surface area contributed by atoms with Crippen LogP contribution < -0.4 is 0 Å². The summed E-state index contributed by atoms with van der Waals surface area (Å²) in [5, 5.41) is 0. The van der Waals surface area contributed by atoms with Crippen LogP contribution in [0.2, 0.25) is 0 Å². The number of allylic oxidation sites excluding steroid dienone is 3. The first kappa shape index (κ1) is 6.53. The average Bonchev–Trinajstić information content (AvgIpc) is 2.34. The minimum absolute atomic E-state index is 0.816. The third-order valence-corrected chi connectivity index (χ3v) is 3.54. The standard InChI is InChI=1S/C9H12S/c1-7-6-10-9-5-3-2-4-8(7)9/h4-5,7H,2-3,6H2,1H3/t7-/m1/s1. The molecule has 0 spiro atoms. The molecule has 1 atom stereocenters. The summed E-state index contributed by atoms with van der Waals surface area (Å²) >= 11 is 2.03. The topological polar surface area (TPSA) is 0 Å². The smallest absolute Gasteiger partial charge is 0.00642 e. The van der Waals surface area contributed by atoms with Gasteiger partial charge in [-0.2, -0.15) is 0 Å². The van der Waals surface area contributed by atoms with Gasteiger partial charge < -0.3 is 0 Å². The van der Waals surface area contributed by atoms with Gasteiger partial charge in [0.2, 0.25) is 0 Å². The number of rotatable bonds is 0. The van der Waals surface area contributed by atoms with Gasteiger partial charge in [0.05, 0.1) is 0 Å². The summed E-state index contributed by atoms with van der Waals surface area (Å²) in [4.78, 5) is 1.57. The van der Waals surface area contributed by atoms with E-state index in [0.29, 0.717) is 0 Å². The number of fused-ring (bicyclic) bond motifs is 1. The molecule has 0 aromatic rings. The van der Waals surface area contributed by atoms with Crippen molar-refractivity contribution in [2.24, 2.45) is 5.92 Å². The Bertz CT molecular complexity index is 201. The molecule has 0 saturated carbocycles. The fourth-order valence-corrected chi connectivity index (χ4v) is 2.86. The summed E-state index contributed by atoms with van der Waals surface area (Å²) in [6.07, 6.45) is 7.34. The molecule has 2 aliphatic rings. The highest BCUT2D eigenvalue weighted by molar-refractivity contribution is 8.03. The fourth-order valence-electron chi connectivity index (χ4n) is 1.56. The Morgan fingerprint density at radius 2 is 2.20 bits per heavy atom. The van der Waals surface area contributed by atoms with Crippen molar-refractivity contribution in [2.45, 2.75) is 19.8 Å². The van der Waals surface area contributed by atoms with Crippen molar-refractivity contribution in [3.8, 4) is 0 Å². The van der Waals surface area contributed by atoms with Crippen LogP contribution in [0.5, 0.6) is 0 Å². The quantitative estimate of drug-likeness (QED) is 0.514. The van der Waals surface area contributed by atoms with Crippen molar-refractivity contribution in [3.05, 3.63) is 22.6 Å². The van der Waals surface area contributed by atoms with E-state index in [2.05, 4.69) is 19.1 Å². The van der Waals surface area contributed by atoms with Gasteiger partial charge in [0.15, 0.2) is 0 Å².